The monoisotopic (exact) mass is 249 g/mol. The molecule has 0 atom stereocenters. The van der Waals surface area contributed by atoms with Crippen molar-refractivity contribution in [3.05, 3.63) is 17.6 Å². The molecule has 1 heterocycles. The van der Waals surface area contributed by atoms with E-state index in [9.17, 15) is 0 Å². The van der Waals surface area contributed by atoms with Crippen molar-refractivity contribution in [3.8, 4) is 5.88 Å². The topological polar surface area (TPSA) is 61.0 Å². The van der Waals surface area contributed by atoms with Gasteiger partial charge in [0.1, 0.15) is 6.61 Å². The molecule has 4 heteroatoms. The second kappa shape index (κ2) is 5.65. The molecule has 1 saturated carbocycles. The van der Waals surface area contributed by atoms with Crippen molar-refractivity contribution >= 4 is 0 Å². The second-order valence-electron chi connectivity index (χ2n) is 5.44. The Morgan fingerprint density at radius 1 is 1.17 bits per heavy atom. The van der Waals surface area contributed by atoms with Gasteiger partial charge in [-0.25, -0.2) is 4.98 Å². The van der Waals surface area contributed by atoms with E-state index in [0.717, 1.165) is 24.2 Å². The zero-order valence-corrected chi connectivity index (χ0v) is 11.4. The van der Waals surface area contributed by atoms with Gasteiger partial charge in [-0.2, -0.15) is 0 Å². The number of nitrogens with two attached hydrogens (primary N) is 1. The minimum absolute atomic E-state index is 0.184. The molecule has 0 radical (unpaired) electrons. The van der Waals surface area contributed by atoms with Crippen LogP contribution in [0.1, 0.15) is 49.9 Å². The average Bonchev–Trinajstić information content (AvgIpc) is 2.56. The lowest BCUT2D eigenvalue weighted by atomic mass is 9.93. The van der Waals surface area contributed by atoms with Crippen LogP contribution in [0.3, 0.4) is 0 Å². The van der Waals surface area contributed by atoms with E-state index >= 15 is 0 Å². The van der Waals surface area contributed by atoms with Crippen LogP contribution in [0.15, 0.2) is 6.20 Å². The number of hydrogen-bond acceptors (Lipinski definition) is 4. The predicted octanol–water partition coefficient (Wildman–Crippen LogP) is 2.52. The summed E-state index contributed by atoms with van der Waals surface area (Å²) < 4.78 is 5.74. The van der Waals surface area contributed by atoms with E-state index in [4.69, 9.17) is 10.5 Å². The molecule has 2 N–H and O–H groups in total. The molecule has 0 saturated heterocycles. The largest absolute Gasteiger partial charge is 0.475 e. The minimum Gasteiger partial charge on any atom is -0.475 e. The highest BCUT2D eigenvalue weighted by Gasteiger charge is 2.27. The molecule has 0 spiro atoms. The van der Waals surface area contributed by atoms with E-state index in [-0.39, 0.29) is 5.54 Å². The van der Waals surface area contributed by atoms with Gasteiger partial charge in [0.25, 0.3) is 0 Å². The maximum atomic E-state index is 6.40. The predicted molar refractivity (Wildman–Crippen MR) is 71.6 cm³/mol. The van der Waals surface area contributed by atoms with Crippen molar-refractivity contribution in [2.75, 3.05) is 6.61 Å². The van der Waals surface area contributed by atoms with E-state index in [0.29, 0.717) is 12.5 Å². The van der Waals surface area contributed by atoms with Gasteiger partial charge in [-0.1, -0.05) is 25.7 Å². The summed E-state index contributed by atoms with van der Waals surface area (Å²) in [6.07, 6.45) is 8.78. The molecule has 1 fully saturated rings. The first-order chi connectivity index (χ1) is 8.59. The van der Waals surface area contributed by atoms with Crippen molar-refractivity contribution in [3.63, 3.8) is 0 Å². The van der Waals surface area contributed by atoms with Crippen LogP contribution in [0.25, 0.3) is 0 Å². The summed E-state index contributed by atoms with van der Waals surface area (Å²) in [5.41, 5.74) is 8.08. The smallest absolute Gasteiger partial charge is 0.232 e. The van der Waals surface area contributed by atoms with Gasteiger partial charge in [0.2, 0.25) is 5.88 Å². The molecule has 2 rings (SSSR count). The average molecular weight is 249 g/mol. The highest BCUT2D eigenvalue weighted by Crippen LogP contribution is 2.25. The SMILES string of the molecule is Cc1ncc(OCC2(N)CCCCCC2)nc1C. The molecule has 100 valence electrons. The Morgan fingerprint density at radius 2 is 1.83 bits per heavy atom. The van der Waals surface area contributed by atoms with Crippen LogP contribution in [-0.2, 0) is 0 Å². The first kappa shape index (κ1) is 13.3. The maximum Gasteiger partial charge on any atom is 0.232 e. The standard InChI is InChI=1S/C14H23N3O/c1-11-12(2)17-13(9-16-11)18-10-14(15)7-5-3-4-6-8-14/h9H,3-8,10,15H2,1-2H3. The Kier molecular flexibility index (Phi) is 4.17. The lowest BCUT2D eigenvalue weighted by Crippen LogP contribution is -2.45. The van der Waals surface area contributed by atoms with Gasteiger partial charge in [0.15, 0.2) is 0 Å². The van der Waals surface area contributed by atoms with E-state index in [1.165, 1.54) is 25.7 Å². The normalized spacial score (nSPS) is 19.3. The van der Waals surface area contributed by atoms with Crippen molar-refractivity contribution in [2.45, 2.75) is 57.9 Å². The Balaban J connectivity index is 1.95. The number of rotatable bonds is 3. The number of hydrogen-bond donors (Lipinski definition) is 1. The molecule has 18 heavy (non-hydrogen) atoms. The lowest BCUT2D eigenvalue weighted by Gasteiger charge is -2.27. The Hall–Kier alpha value is -1.16. The first-order valence-electron chi connectivity index (χ1n) is 6.81. The molecule has 1 aromatic rings. The summed E-state index contributed by atoms with van der Waals surface area (Å²) >= 11 is 0. The number of aryl methyl sites for hydroxylation is 2. The van der Waals surface area contributed by atoms with Crippen molar-refractivity contribution in [2.24, 2.45) is 5.73 Å². The van der Waals surface area contributed by atoms with Crippen molar-refractivity contribution in [1.82, 2.24) is 9.97 Å². The van der Waals surface area contributed by atoms with Gasteiger partial charge in [0.05, 0.1) is 23.1 Å². The van der Waals surface area contributed by atoms with Crippen LogP contribution in [0.5, 0.6) is 5.88 Å². The van der Waals surface area contributed by atoms with Gasteiger partial charge >= 0.3 is 0 Å². The lowest BCUT2D eigenvalue weighted by molar-refractivity contribution is 0.192. The third-order valence-electron chi connectivity index (χ3n) is 3.78. The van der Waals surface area contributed by atoms with E-state index in [2.05, 4.69) is 9.97 Å². The van der Waals surface area contributed by atoms with Crippen molar-refractivity contribution < 1.29 is 4.74 Å². The fourth-order valence-corrected chi connectivity index (χ4v) is 2.38. The summed E-state index contributed by atoms with van der Waals surface area (Å²) in [6.45, 7) is 4.44. The van der Waals surface area contributed by atoms with E-state index in [1.807, 2.05) is 13.8 Å². The molecule has 0 aromatic carbocycles. The van der Waals surface area contributed by atoms with Crippen LogP contribution >= 0.6 is 0 Å². The summed E-state index contributed by atoms with van der Waals surface area (Å²) in [5.74, 6) is 0.590. The summed E-state index contributed by atoms with van der Waals surface area (Å²) in [7, 11) is 0. The molecule has 4 nitrogen and oxygen atoms in total. The molecule has 0 unspecified atom stereocenters. The molecule has 0 bridgehead atoms. The third kappa shape index (κ3) is 3.42. The molecule has 0 amide bonds. The Bertz CT molecular complexity index is 398. The van der Waals surface area contributed by atoms with Crippen molar-refractivity contribution in [1.29, 1.82) is 0 Å². The molecule has 1 aliphatic rings. The number of nitrogens with zero attached hydrogens (tertiary/aromatic N) is 2. The molecular weight excluding hydrogens is 226 g/mol. The molecule has 1 aliphatic carbocycles. The van der Waals surface area contributed by atoms with Crippen LogP contribution in [0.2, 0.25) is 0 Å². The van der Waals surface area contributed by atoms with Gasteiger partial charge in [-0.05, 0) is 26.7 Å². The van der Waals surface area contributed by atoms with Gasteiger partial charge in [0, 0.05) is 0 Å². The summed E-state index contributed by atoms with van der Waals surface area (Å²) in [6, 6.07) is 0. The first-order valence-corrected chi connectivity index (χ1v) is 6.81. The fourth-order valence-electron chi connectivity index (χ4n) is 2.38. The second-order valence-corrected chi connectivity index (χ2v) is 5.44. The number of aromatic nitrogens is 2. The van der Waals surface area contributed by atoms with Crippen LogP contribution in [0.4, 0.5) is 0 Å². The number of ether oxygens (including phenoxy) is 1. The Morgan fingerprint density at radius 3 is 2.44 bits per heavy atom. The van der Waals surface area contributed by atoms with E-state index < -0.39 is 0 Å². The zero-order valence-electron chi connectivity index (χ0n) is 11.4. The van der Waals surface area contributed by atoms with Crippen LogP contribution in [-0.4, -0.2) is 22.1 Å². The highest BCUT2D eigenvalue weighted by atomic mass is 16.5. The van der Waals surface area contributed by atoms with Gasteiger partial charge < -0.3 is 10.5 Å². The minimum atomic E-state index is -0.184. The molecule has 1 aromatic heterocycles. The quantitative estimate of drug-likeness (QED) is 0.836. The van der Waals surface area contributed by atoms with Gasteiger partial charge in [-0.15, -0.1) is 0 Å². The fraction of sp³-hybridized carbons (Fsp3) is 0.714. The molecular formula is C14H23N3O. The maximum absolute atomic E-state index is 6.40. The van der Waals surface area contributed by atoms with E-state index in [1.54, 1.807) is 6.20 Å². The van der Waals surface area contributed by atoms with Crippen LogP contribution < -0.4 is 10.5 Å². The summed E-state index contributed by atoms with van der Waals surface area (Å²) in [4.78, 5) is 8.63. The zero-order chi connectivity index (χ0) is 13.0. The van der Waals surface area contributed by atoms with Gasteiger partial charge in [-0.3, -0.25) is 4.98 Å². The highest BCUT2D eigenvalue weighted by molar-refractivity contribution is 5.14. The van der Waals surface area contributed by atoms with Crippen LogP contribution in [0, 0.1) is 13.8 Å². The third-order valence-corrected chi connectivity index (χ3v) is 3.78. The molecule has 0 aliphatic heterocycles. The Labute approximate surface area is 109 Å². The summed E-state index contributed by atoms with van der Waals surface area (Å²) in [5, 5.41) is 0.